The second-order valence-electron chi connectivity index (χ2n) is 8.31. The number of urea groups is 1. The molecule has 4 rings (SSSR count). The lowest BCUT2D eigenvalue weighted by Gasteiger charge is -2.64. The minimum Gasteiger partial charge on any atom is -0.381 e. The molecule has 1 aromatic heterocycles. The first-order chi connectivity index (χ1) is 12.6. The Morgan fingerprint density at radius 3 is 2.81 bits per heavy atom. The van der Waals surface area contributed by atoms with E-state index in [0.717, 1.165) is 44.0 Å². The van der Waals surface area contributed by atoms with E-state index in [-0.39, 0.29) is 6.03 Å². The van der Waals surface area contributed by atoms with E-state index in [2.05, 4.69) is 15.2 Å². The van der Waals surface area contributed by atoms with Gasteiger partial charge in [-0.3, -0.25) is 0 Å². The minimum absolute atomic E-state index is 0.0854. The fraction of sp³-hybridized carbons (Fsp3) is 0.700. The van der Waals surface area contributed by atoms with Crippen LogP contribution in [-0.2, 0) is 11.3 Å². The molecule has 1 unspecified atom stereocenters. The van der Waals surface area contributed by atoms with Crippen molar-refractivity contribution in [1.82, 2.24) is 15.2 Å². The van der Waals surface area contributed by atoms with Gasteiger partial charge in [-0.05, 0) is 49.3 Å². The molecule has 1 aliphatic carbocycles. The van der Waals surface area contributed by atoms with Crippen LogP contribution < -0.4 is 10.2 Å². The van der Waals surface area contributed by atoms with E-state index in [4.69, 9.17) is 4.74 Å². The molecule has 2 aliphatic heterocycles. The molecular weight excluding hydrogens is 328 g/mol. The Hall–Kier alpha value is -1.82. The normalized spacial score (nSPS) is 24.7. The number of likely N-dealkylation sites (tertiary alicyclic amines) is 1. The summed E-state index contributed by atoms with van der Waals surface area (Å²) in [6.45, 7) is 3.17. The van der Waals surface area contributed by atoms with Crippen LogP contribution in [0.5, 0.6) is 0 Å². The van der Waals surface area contributed by atoms with Gasteiger partial charge in [-0.25, -0.2) is 9.78 Å². The van der Waals surface area contributed by atoms with Crippen LogP contribution in [0.25, 0.3) is 0 Å². The minimum atomic E-state index is 0.0854. The molecule has 1 spiro atoms. The monoisotopic (exact) mass is 358 g/mol. The predicted octanol–water partition coefficient (Wildman–Crippen LogP) is 2.64. The molecule has 1 aromatic rings. The van der Waals surface area contributed by atoms with Crippen LogP contribution >= 0.6 is 0 Å². The summed E-state index contributed by atoms with van der Waals surface area (Å²) in [5, 5.41) is 3.13. The highest BCUT2D eigenvalue weighted by molar-refractivity contribution is 5.76. The van der Waals surface area contributed by atoms with E-state index in [9.17, 15) is 4.79 Å². The van der Waals surface area contributed by atoms with Crippen molar-refractivity contribution in [3.63, 3.8) is 0 Å². The highest BCUT2D eigenvalue weighted by Gasteiger charge is 2.59. The lowest BCUT2D eigenvalue weighted by Crippen LogP contribution is -2.72. The van der Waals surface area contributed by atoms with Gasteiger partial charge in [-0.1, -0.05) is 6.42 Å². The fourth-order valence-corrected chi connectivity index (χ4v) is 4.91. The van der Waals surface area contributed by atoms with E-state index in [1.807, 2.05) is 31.1 Å². The van der Waals surface area contributed by atoms with Crippen LogP contribution in [0.4, 0.5) is 10.6 Å². The van der Waals surface area contributed by atoms with E-state index >= 15 is 0 Å². The smallest absolute Gasteiger partial charge is 0.317 e. The van der Waals surface area contributed by atoms with Gasteiger partial charge in [0.2, 0.25) is 0 Å². The van der Waals surface area contributed by atoms with Gasteiger partial charge < -0.3 is 19.9 Å². The Bertz CT molecular complexity index is 653. The quantitative estimate of drug-likeness (QED) is 0.899. The first-order valence-corrected chi connectivity index (χ1v) is 9.83. The molecule has 0 bridgehead atoms. The largest absolute Gasteiger partial charge is 0.381 e. The predicted molar refractivity (Wildman–Crippen MR) is 101 cm³/mol. The van der Waals surface area contributed by atoms with Crippen LogP contribution in [0.15, 0.2) is 18.3 Å². The Kier molecular flexibility index (Phi) is 4.78. The molecule has 142 valence electrons. The van der Waals surface area contributed by atoms with E-state index in [0.29, 0.717) is 23.9 Å². The summed E-state index contributed by atoms with van der Waals surface area (Å²) in [6, 6.07) is 4.49. The van der Waals surface area contributed by atoms with E-state index < -0.39 is 0 Å². The summed E-state index contributed by atoms with van der Waals surface area (Å²) in [5.41, 5.74) is 1.49. The molecule has 3 fully saturated rings. The van der Waals surface area contributed by atoms with E-state index in [1.165, 1.54) is 19.3 Å². The van der Waals surface area contributed by atoms with Crippen molar-refractivity contribution in [3.05, 3.63) is 23.9 Å². The molecule has 2 amide bonds. The third kappa shape index (κ3) is 3.15. The average molecular weight is 358 g/mol. The Morgan fingerprint density at radius 1 is 1.38 bits per heavy atom. The van der Waals surface area contributed by atoms with Crippen molar-refractivity contribution in [2.24, 2.45) is 11.3 Å². The van der Waals surface area contributed by atoms with Gasteiger partial charge in [0.05, 0.1) is 0 Å². The van der Waals surface area contributed by atoms with Crippen LogP contribution in [0.2, 0.25) is 0 Å². The third-order valence-electron chi connectivity index (χ3n) is 6.48. The molecule has 6 nitrogen and oxygen atoms in total. The molecule has 1 N–H and O–H groups in total. The molecule has 3 aliphatic rings. The van der Waals surface area contributed by atoms with Crippen molar-refractivity contribution < 1.29 is 9.53 Å². The molecule has 2 saturated heterocycles. The van der Waals surface area contributed by atoms with Crippen molar-refractivity contribution in [2.75, 3.05) is 38.8 Å². The fourth-order valence-electron chi connectivity index (χ4n) is 4.91. The number of pyridine rings is 1. The zero-order valence-corrected chi connectivity index (χ0v) is 15.9. The first-order valence-electron chi connectivity index (χ1n) is 9.83. The lowest BCUT2D eigenvalue weighted by atomic mass is 9.54. The third-order valence-corrected chi connectivity index (χ3v) is 6.48. The number of ether oxygens (including phenoxy) is 1. The number of carbonyl (C=O) groups is 1. The standard InChI is InChI=1S/C20H30N4O2/c1-23(2)17-12-15(4-9-21-17)13-22-19(25)24-14-20(7-3-8-20)18(24)16-5-10-26-11-6-16/h4,9,12,16,18H,3,5-8,10-11,13-14H2,1-2H3,(H,22,25). The average Bonchev–Trinajstić information content (AvgIpc) is 2.59. The van der Waals surface area contributed by atoms with Gasteiger partial charge in [0.25, 0.3) is 0 Å². The number of carbonyl (C=O) groups excluding carboxylic acids is 1. The number of nitrogens with one attached hydrogen (secondary N) is 1. The van der Waals surface area contributed by atoms with Crippen molar-refractivity contribution in [2.45, 2.75) is 44.7 Å². The van der Waals surface area contributed by atoms with Crippen molar-refractivity contribution in [3.8, 4) is 0 Å². The SMILES string of the molecule is CN(C)c1cc(CNC(=O)N2CC3(CCC3)C2C2CCOCC2)ccn1. The summed E-state index contributed by atoms with van der Waals surface area (Å²) in [5.74, 6) is 1.51. The topological polar surface area (TPSA) is 57.7 Å². The molecule has 3 heterocycles. The van der Waals surface area contributed by atoms with Crippen molar-refractivity contribution >= 4 is 11.8 Å². The van der Waals surface area contributed by atoms with Crippen LogP contribution in [0, 0.1) is 11.3 Å². The van der Waals surface area contributed by atoms with Crippen LogP contribution in [-0.4, -0.2) is 55.8 Å². The molecule has 6 heteroatoms. The van der Waals surface area contributed by atoms with Crippen LogP contribution in [0.3, 0.4) is 0 Å². The van der Waals surface area contributed by atoms with Gasteiger partial charge in [0.15, 0.2) is 0 Å². The molecular formula is C20H30N4O2. The molecule has 0 radical (unpaired) electrons. The number of nitrogens with zero attached hydrogens (tertiary/aromatic N) is 3. The summed E-state index contributed by atoms with van der Waals surface area (Å²) < 4.78 is 5.54. The molecule has 26 heavy (non-hydrogen) atoms. The van der Waals surface area contributed by atoms with E-state index in [1.54, 1.807) is 6.20 Å². The number of aromatic nitrogens is 1. The Labute approximate surface area is 155 Å². The van der Waals surface area contributed by atoms with Crippen LogP contribution in [0.1, 0.15) is 37.7 Å². The first kappa shape index (κ1) is 17.6. The number of anilines is 1. The number of hydrogen-bond donors (Lipinski definition) is 1. The lowest BCUT2D eigenvalue weighted by molar-refractivity contribution is -0.137. The maximum absolute atomic E-state index is 12.9. The van der Waals surface area contributed by atoms with Crippen molar-refractivity contribution in [1.29, 1.82) is 0 Å². The number of rotatable bonds is 4. The number of amides is 2. The summed E-state index contributed by atoms with van der Waals surface area (Å²) in [4.78, 5) is 21.3. The van der Waals surface area contributed by atoms with Gasteiger partial charge in [0.1, 0.15) is 5.82 Å². The molecule has 1 atom stereocenters. The van der Waals surface area contributed by atoms with Gasteiger partial charge in [-0.2, -0.15) is 0 Å². The maximum Gasteiger partial charge on any atom is 0.317 e. The van der Waals surface area contributed by atoms with Gasteiger partial charge in [-0.15, -0.1) is 0 Å². The molecule has 1 saturated carbocycles. The summed E-state index contributed by atoms with van der Waals surface area (Å²) >= 11 is 0. The second-order valence-corrected chi connectivity index (χ2v) is 8.31. The Morgan fingerprint density at radius 2 is 2.15 bits per heavy atom. The molecule has 0 aromatic carbocycles. The summed E-state index contributed by atoms with van der Waals surface area (Å²) in [6.07, 6.45) is 7.87. The summed E-state index contributed by atoms with van der Waals surface area (Å²) in [7, 11) is 3.95. The zero-order chi connectivity index (χ0) is 18.1. The van der Waals surface area contributed by atoms with Gasteiger partial charge >= 0.3 is 6.03 Å². The van der Waals surface area contributed by atoms with Gasteiger partial charge in [0, 0.05) is 58.1 Å². The second kappa shape index (κ2) is 7.06. The number of hydrogen-bond acceptors (Lipinski definition) is 4. The highest BCUT2D eigenvalue weighted by atomic mass is 16.5. The highest BCUT2D eigenvalue weighted by Crippen LogP contribution is 2.56. The zero-order valence-electron chi connectivity index (χ0n) is 15.9. The Balaban J connectivity index is 1.38. The maximum atomic E-state index is 12.9.